The SMILES string of the molecule is CCN(c1ccc2sc(C(=O)Nc3ccc(Br)cc3)cc2c1)S(=O)(=O)c1ccc(C)cc1. The third-order valence-electron chi connectivity index (χ3n) is 5.01. The molecule has 0 unspecified atom stereocenters. The van der Waals surface area contributed by atoms with Gasteiger partial charge in [-0.05, 0) is 79.9 Å². The van der Waals surface area contributed by atoms with Crippen LogP contribution in [0.2, 0.25) is 0 Å². The van der Waals surface area contributed by atoms with Crippen molar-refractivity contribution in [3.63, 3.8) is 0 Å². The van der Waals surface area contributed by atoms with Gasteiger partial charge in [0.2, 0.25) is 0 Å². The average Bonchev–Trinajstić information content (AvgIpc) is 3.20. The molecule has 1 amide bonds. The zero-order valence-electron chi connectivity index (χ0n) is 17.5. The van der Waals surface area contributed by atoms with Crippen molar-refractivity contribution in [3.05, 3.63) is 87.7 Å². The number of aryl methyl sites for hydroxylation is 1. The fourth-order valence-corrected chi connectivity index (χ4v) is 6.02. The van der Waals surface area contributed by atoms with Crippen LogP contribution in [-0.4, -0.2) is 20.9 Å². The van der Waals surface area contributed by atoms with Crippen molar-refractivity contribution < 1.29 is 13.2 Å². The highest BCUT2D eigenvalue weighted by atomic mass is 79.9. The minimum atomic E-state index is -3.69. The topological polar surface area (TPSA) is 66.5 Å². The molecule has 1 aromatic heterocycles. The van der Waals surface area contributed by atoms with Gasteiger partial charge in [-0.25, -0.2) is 8.42 Å². The van der Waals surface area contributed by atoms with E-state index in [1.807, 2.05) is 43.3 Å². The molecule has 0 radical (unpaired) electrons. The van der Waals surface area contributed by atoms with Gasteiger partial charge in [-0.1, -0.05) is 33.6 Å². The van der Waals surface area contributed by atoms with Gasteiger partial charge in [0, 0.05) is 21.4 Å². The van der Waals surface area contributed by atoms with Gasteiger partial charge >= 0.3 is 0 Å². The fourth-order valence-electron chi connectivity index (χ4n) is 3.35. The summed E-state index contributed by atoms with van der Waals surface area (Å²) in [6, 6.07) is 21.5. The number of hydrogen-bond donors (Lipinski definition) is 1. The zero-order valence-corrected chi connectivity index (χ0v) is 20.7. The number of benzene rings is 3. The minimum Gasteiger partial charge on any atom is -0.321 e. The molecule has 8 heteroatoms. The summed E-state index contributed by atoms with van der Waals surface area (Å²) < 4.78 is 29.7. The summed E-state index contributed by atoms with van der Waals surface area (Å²) in [5.74, 6) is -0.199. The predicted octanol–water partition coefficient (Wildman–Crippen LogP) is 6.44. The third-order valence-corrected chi connectivity index (χ3v) is 8.57. The Morgan fingerprint density at radius 2 is 1.69 bits per heavy atom. The molecule has 0 atom stereocenters. The van der Waals surface area contributed by atoms with Crippen LogP contribution in [-0.2, 0) is 10.0 Å². The second-order valence-corrected chi connectivity index (χ2v) is 11.1. The maximum atomic E-state index is 13.2. The summed E-state index contributed by atoms with van der Waals surface area (Å²) in [6.45, 7) is 4.02. The average molecular weight is 529 g/mol. The maximum Gasteiger partial charge on any atom is 0.265 e. The molecule has 0 fully saturated rings. The number of sulfonamides is 1. The number of thiophene rings is 1. The summed E-state index contributed by atoms with van der Waals surface area (Å²) in [4.78, 5) is 13.5. The summed E-state index contributed by atoms with van der Waals surface area (Å²) in [5, 5.41) is 3.71. The zero-order chi connectivity index (χ0) is 22.9. The normalized spacial score (nSPS) is 11.5. The lowest BCUT2D eigenvalue weighted by Gasteiger charge is -2.23. The second kappa shape index (κ2) is 9.05. The van der Waals surface area contributed by atoms with Crippen molar-refractivity contribution in [1.82, 2.24) is 0 Å². The Labute approximate surface area is 199 Å². The van der Waals surface area contributed by atoms with Crippen molar-refractivity contribution in [3.8, 4) is 0 Å². The largest absolute Gasteiger partial charge is 0.321 e. The summed E-state index contributed by atoms with van der Waals surface area (Å²) in [7, 11) is -3.69. The Morgan fingerprint density at radius 3 is 2.34 bits per heavy atom. The van der Waals surface area contributed by atoms with Crippen LogP contribution in [0.5, 0.6) is 0 Å². The van der Waals surface area contributed by atoms with E-state index in [0.717, 1.165) is 20.1 Å². The quantitative estimate of drug-likeness (QED) is 0.313. The molecule has 164 valence electrons. The molecule has 0 saturated heterocycles. The van der Waals surface area contributed by atoms with E-state index in [1.54, 1.807) is 43.3 Å². The highest BCUT2D eigenvalue weighted by molar-refractivity contribution is 9.10. The molecule has 4 rings (SSSR count). The number of carbonyl (C=O) groups is 1. The summed E-state index contributed by atoms with van der Waals surface area (Å²) in [5.41, 5.74) is 2.27. The lowest BCUT2D eigenvalue weighted by Crippen LogP contribution is -2.30. The number of hydrogen-bond acceptors (Lipinski definition) is 4. The number of fused-ring (bicyclic) bond motifs is 1. The van der Waals surface area contributed by atoms with Crippen LogP contribution in [0.25, 0.3) is 10.1 Å². The maximum absolute atomic E-state index is 13.2. The smallest absolute Gasteiger partial charge is 0.265 e. The molecule has 5 nitrogen and oxygen atoms in total. The third kappa shape index (κ3) is 4.57. The molecular formula is C24H21BrN2O3S2. The molecule has 0 aliphatic heterocycles. The molecule has 4 aromatic rings. The molecule has 1 heterocycles. The summed E-state index contributed by atoms with van der Waals surface area (Å²) >= 11 is 4.75. The lowest BCUT2D eigenvalue weighted by molar-refractivity contribution is 0.103. The van der Waals surface area contributed by atoms with Crippen molar-refractivity contribution in [2.24, 2.45) is 0 Å². The van der Waals surface area contributed by atoms with E-state index >= 15 is 0 Å². The van der Waals surface area contributed by atoms with Gasteiger partial charge in [0.15, 0.2) is 0 Å². The summed E-state index contributed by atoms with van der Waals surface area (Å²) in [6.07, 6.45) is 0. The molecule has 0 aliphatic rings. The van der Waals surface area contributed by atoms with Gasteiger partial charge in [0.05, 0.1) is 15.5 Å². The van der Waals surface area contributed by atoms with Gasteiger partial charge in [0.25, 0.3) is 15.9 Å². The predicted molar refractivity (Wildman–Crippen MR) is 135 cm³/mol. The number of carbonyl (C=O) groups excluding carboxylic acids is 1. The molecule has 32 heavy (non-hydrogen) atoms. The highest BCUT2D eigenvalue weighted by Crippen LogP contribution is 2.32. The Bertz CT molecular complexity index is 1380. The number of halogens is 1. The first-order valence-electron chi connectivity index (χ1n) is 9.98. The van der Waals surface area contributed by atoms with E-state index in [9.17, 15) is 13.2 Å². The van der Waals surface area contributed by atoms with Gasteiger partial charge in [-0.15, -0.1) is 11.3 Å². The van der Waals surface area contributed by atoms with Gasteiger partial charge < -0.3 is 5.32 Å². The van der Waals surface area contributed by atoms with Crippen LogP contribution >= 0.6 is 27.3 Å². The van der Waals surface area contributed by atoms with E-state index in [4.69, 9.17) is 0 Å². The van der Waals surface area contributed by atoms with E-state index in [2.05, 4.69) is 21.2 Å². The monoisotopic (exact) mass is 528 g/mol. The fraction of sp³-hybridized carbons (Fsp3) is 0.125. The first-order chi connectivity index (χ1) is 15.3. The van der Waals surface area contributed by atoms with E-state index in [0.29, 0.717) is 22.8 Å². The van der Waals surface area contributed by atoms with E-state index in [1.165, 1.54) is 15.6 Å². The number of anilines is 2. The molecule has 0 bridgehead atoms. The Balaban J connectivity index is 1.63. The van der Waals surface area contributed by atoms with Gasteiger partial charge in [-0.3, -0.25) is 9.10 Å². The van der Waals surface area contributed by atoms with Crippen LogP contribution < -0.4 is 9.62 Å². The second-order valence-electron chi connectivity index (χ2n) is 7.28. The number of nitrogens with zero attached hydrogens (tertiary/aromatic N) is 1. The Kier molecular flexibility index (Phi) is 6.37. The van der Waals surface area contributed by atoms with Crippen LogP contribution in [0.3, 0.4) is 0 Å². The Hall–Kier alpha value is -2.68. The Morgan fingerprint density at radius 1 is 1.00 bits per heavy atom. The van der Waals surface area contributed by atoms with Crippen LogP contribution in [0, 0.1) is 6.92 Å². The molecule has 3 aromatic carbocycles. The van der Waals surface area contributed by atoms with Crippen LogP contribution in [0.1, 0.15) is 22.2 Å². The van der Waals surface area contributed by atoms with Crippen LogP contribution in [0.4, 0.5) is 11.4 Å². The first-order valence-corrected chi connectivity index (χ1v) is 13.0. The van der Waals surface area contributed by atoms with E-state index < -0.39 is 10.0 Å². The van der Waals surface area contributed by atoms with Crippen LogP contribution in [0.15, 0.2) is 82.2 Å². The molecular weight excluding hydrogens is 508 g/mol. The first kappa shape index (κ1) is 22.5. The standard InChI is InChI=1S/C24H21BrN2O3S2/c1-3-27(32(29,30)21-11-4-16(2)5-12-21)20-10-13-22-17(14-20)15-23(31-22)24(28)26-19-8-6-18(25)7-9-19/h4-15H,3H2,1-2H3,(H,26,28). The highest BCUT2D eigenvalue weighted by Gasteiger charge is 2.24. The molecule has 1 N–H and O–H groups in total. The van der Waals surface area contributed by atoms with Gasteiger partial charge in [-0.2, -0.15) is 0 Å². The van der Waals surface area contributed by atoms with Crippen molar-refractivity contribution >= 4 is 64.7 Å². The van der Waals surface area contributed by atoms with E-state index in [-0.39, 0.29) is 10.8 Å². The van der Waals surface area contributed by atoms with Crippen molar-refractivity contribution in [2.45, 2.75) is 18.7 Å². The molecule has 0 spiro atoms. The van der Waals surface area contributed by atoms with Gasteiger partial charge in [0.1, 0.15) is 0 Å². The number of nitrogens with one attached hydrogen (secondary N) is 1. The number of rotatable bonds is 6. The minimum absolute atomic E-state index is 0.199. The molecule has 0 aliphatic carbocycles. The number of amides is 1. The van der Waals surface area contributed by atoms with Crippen molar-refractivity contribution in [1.29, 1.82) is 0 Å². The van der Waals surface area contributed by atoms with Crippen molar-refractivity contribution in [2.75, 3.05) is 16.2 Å². The molecule has 0 saturated carbocycles. The lowest BCUT2D eigenvalue weighted by atomic mass is 10.2.